The third-order valence-corrected chi connectivity index (χ3v) is 3.90. The lowest BCUT2D eigenvalue weighted by molar-refractivity contribution is -0.121. The van der Waals surface area contributed by atoms with Gasteiger partial charge in [-0.15, -0.1) is 0 Å². The zero-order valence-electron chi connectivity index (χ0n) is 13.4. The van der Waals surface area contributed by atoms with E-state index in [-0.39, 0.29) is 30.7 Å². The highest BCUT2D eigenvalue weighted by Crippen LogP contribution is 2.22. The fraction of sp³-hybridized carbons (Fsp3) is 0.294. The smallest absolute Gasteiger partial charge is 0.261 e. The Balaban J connectivity index is 1.47. The van der Waals surface area contributed by atoms with E-state index in [1.807, 2.05) is 17.8 Å². The molecule has 1 aliphatic rings. The van der Waals surface area contributed by atoms with Crippen LogP contribution in [0.15, 0.2) is 36.8 Å². The van der Waals surface area contributed by atoms with Crippen LogP contribution < -0.4 is 5.32 Å². The van der Waals surface area contributed by atoms with Crippen LogP contribution in [-0.4, -0.2) is 45.3 Å². The number of amides is 3. The summed E-state index contributed by atoms with van der Waals surface area (Å²) in [5.74, 6) is -0.865. The van der Waals surface area contributed by atoms with Gasteiger partial charge in [-0.3, -0.25) is 19.3 Å². The summed E-state index contributed by atoms with van der Waals surface area (Å²) in [6.07, 6.45) is 4.33. The number of rotatable bonds is 6. The molecule has 0 unspecified atom stereocenters. The molecular formula is C17H18N4O3. The Morgan fingerprint density at radius 3 is 2.42 bits per heavy atom. The van der Waals surface area contributed by atoms with Crippen LogP contribution in [0.5, 0.6) is 0 Å². The first-order chi connectivity index (χ1) is 11.6. The Bertz CT molecular complexity index is 762. The number of benzene rings is 1. The quantitative estimate of drug-likeness (QED) is 0.795. The summed E-state index contributed by atoms with van der Waals surface area (Å²) in [6, 6.07) is 6.70. The summed E-state index contributed by atoms with van der Waals surface area (Å²) in [5.41, 5.74) is 1.70. The van der Waals surface area contributed by atoms with Crippen molar-refractivity contribution in [3.05, 3.63) is 53.6 Å². The van der Waals surface area contributed by atoms with E-state index in [1.165, 1.54) is 0 Å². The molecule has 24 heavy (non-hydrogen) atoms. The van der Waals surface area contributed by atoms with Crippen LogP contribution in [0.3, 0.4) is 0 Å². The number of hydrogen-bond acceptors (Lipinski definition) is 4. The lowest BCUT2D eigenvalue weighted by Crippen LogP contribution is -2.35. The third kappa shape index (κ3) is 3.19. The molecule has 0 aliphatic carbocycles. The van der Waals surface area contributed by atoms with Gasteiger partial charge < -0.3 is 9.88 Å². The first-order valence-electron chi connectivity index (χ1n) is 7.75. The van der Waals surface area contributed by atoms with Gasteiger partial charge in [-0.25, -0.2) is 4.98 Å². The van der Waals surface area contributed by atoms with E-state index in [2.05, 4.69) is 10.3 Å². The maximum Gasteiger partial charge on any atom is 0.261 e. The minimum absolute atomic E-state index is 0.0851. The standard InChI is InChI=1S/C17H18N4O3/c1-20-10-12(19-11-20)6-8-18-15(22)7-9-21-16(23)13-4-2-3-5-14(13)17(21)24/h2-5,10-11H,6-9H2,1H3,(H,18,22). The fourth-order valence-corrected chi connectivity index (χ4v) is 2.67. The highest BCUT2D eigenvalue weighted by molar-refractivity contribution is 6.21. The predicted octanol–water partition coefficient (Wildman–Crippen LogP) is 0.765. The molecule has 0 saturated carbocycles. The highest BCUT2D eigenvalue weighted by atomic mass is 16.2. The second-order valence-corrected chi connectivity index (χ2v) is 5.69. The number of aromatic nitrogens is 2. The van der Waals surface area contributed by atoms with Crippen molar-refractivity contribution in [2.75, 3.05) is 13.1 Å². The molecule has 7 nitrogen and oxygen atoms in total. The van der Waals surface area contributed by atoms with E-state index < -0.39 is 0 Å². The molecule has 2 aromatic rings. The zero-order valence-corrected chi connectivity index (χ0v) is 13.4. The average Bonchev–Trinajstić information content (AvgIpc) is 3.09. The van der Waals surface area contributed by atoms with Crippen molar-refractivity contribution in [2.45, 2.75) is 12.8 Å². The van der Waals surface area contributed by atoms with Crippen molar-refractivity contribution in [1.82, 2.24) is 19.8 Å². The van der Waals surface area contributed by atoms with Crippen LogP contribution in [0, 0.1) is 0 Å². The molecule has 0 fully saturated rings. The normalized spacial score (nSPS) is 13.3. The van der Waals surface area contributed by atoms with Gasteiger partial charge in [0.15, 0.2) is 0 Å². The summed E-state index contributed by atoms with van der Waals surface area (Å²) in [6.45, 7) is 0.555. The first kappa shape index (κ1) is 15.9. The molecule has 1 N–H and O–H groups in total. The number of aryl methyl sites for hydroxylation is 1. The fourth-order valence-electron chi connectivity index (χ4n) is 2.67. The molecule has 0 spiro atoms. The van der Waals surface area contributed by atoms with Crippen molar-refractivity contribution in [3.63, 3.8) is 0 Å². The average molecular weight is 326 g/mol. The molecule has 0 atom stereocenters. The minimum atomic E-state index is -0.336. The lowest BCUT2D eigenvalue weighted by atomic mass is 10.1. The molecule has 7 heteroatoms. The van der Waals surface area contributed by atoms with Gasteiger partial charge in [-0.2, -0.15) is 0 Å². The van der Waals surface area contributed by atoms with Crippen molar-refractivity contribution in [2.24, 2.45) is 7.05 Å². The summed E-state index contributed by atoms with van der Waals surface area (Å²) in [4.78, 5) is 41.6. The lowest BCUT2D eigenvalue weighted by Gasteiger charge is -2.13. The molecule has 0 saturated heterocycles. The van der Waals surface area contributed by atoms with Crippen LogP contribution in [0.1, 0.15) is 32.8 Å². The van der Waals surface area contributed by atoms with Gasteiger partial charge in [-0.1, -0.05) is 12.1 Å². The van der Waals surface area contributed by atoms with Crippen LogP contribution >= 0.6 is 0 Å². The number of imidazole rings is 1. The number of carbonyl (C=O) groups excluding carboxylic acids is 3. The molecular weight excluding hydrogens is 308 g/mol. The Labute approximate surface area is 139 Å². The van der Waals surface area contributed by atoms with E-state index in [4.69, 9.17) is 0 Å². The maximum atomic E-state index is 12.2. The minimum Gasteiger partial charge on any atom is -0.356 e. The molecule has 2 heterocycles. The first-order valence-corrected chi connectivity index (χ1v) is 7.75. The third-order valence-electron chi connectivity index (χ3n) is 3.90. The number of imide groups is 1. The van der Waals surface area contributed by atoms with Gasteiger partial charge in [0.2, 0.25) is 5.91 Å². The molecule has 1 aromatic heterocycles. The largest absolute Gasteiger partial charge is 0.356 e. The number of nitrogens with zero attached hydrogens (tertiary/aromatic N) is 3. The van der Waals surface area contributed by atoms with E-state index in [0.717, 1.165) is 10.6 Å². The Kier molecular flexibility index (Phi) is 4.41. The van der Waals surface area contributed by atoms with Gasteiger partial charge >= 0.3 is 0 Å². The van der Waals surface area contributed by atoms with E-state index >= 15 is 0 Å². The molecule has 124 valence electrons. The van der Waals surface area contributed by atoms with Gasteiger partial charge in [-0.05, 0) is 12.1 Å². The molecule has 1 aliphatic heterocycles. The maximum absolute atomic E-state index is 12.2. The second-order valence-electron chi connectivity index (χ2n) is 5.69. The number of hydrogen-bond donors (Lipinski definition) is 1. The molecule has 3 amide bonds. The van der Waals surface area contributed by atoms with Crippen LogP contribution in [0.25, 0.3) is 0 Å². The molecule has 0 bridgehead atoms. The molecule has 1 aromatic carbocycles. The van der Waals surface area contributed by atoms with Gasteiger partial charge in [0, 0.05) is 39.2 Å². The highest BCUT2D eigenvalue weighted by Gasteiger charge is 2.34. The topological polar surface area (TPSA) is 84.3 Å². The van der Waals surface area contributed by atoms with Crippen molar-refractivity contribution in [1.29, 1.82) is 0 Å². The monoisotopic (exact) mass is 326 g/mol. The van der Waals surface area contributed by atoms with E-state index in [1.54, 1.807) is 30.6 Å². The number of carbonyl (C=O) groups is 3. The predicted molar refractivity (Wildman–Crippen MR) is 86.3 cm³/mol. The van der Waals surface area contributed by atoms with E-state index in [9.17, 15) is 14.4 Å². The zero-order chi connectivity index (χ0) is 17.1. The summed E-state index contributed by atoms with van der Waals surface area (Å²) in [7, 11) is 1.89. The Hall–Kier alpha value is -2.96. The molecule has 0 radical (unpaired) electrons. The van der Waals surface area contributed by atoms with Gasteiger partial charge in [0.05, 0.1) is 23.1 Å². The van der Waals surface area contributed by atoms with Crippen molar-refractivity contribution >= 4 is 17.7 Å². The van der Waals surface area contributed by atoms with E-state index in [0.29, 0.717) is 24.1 Å². The van der Waals surface area contributed by atoms with Crippen LogP contribution in [0.2, 0.25) is 0 Å². The van der Waals surface area contributed by atoms with Crippen LogP contribution in [0.4, 0.5) is 0 Å². The van der Waals surface area contributed by atoms with Gasteiger partial charge in [0.1, 0.15) is 0 Å². The summed E-state index contributed by atoms with van der Waals surface area (Å²) < 4.78 is 1.85. The molecule has 3 rings (SSSR count). The summed E-state index contributed by atoms with van der Waals surface area (Å²) >= 11 is 0. The summed E-state index contributed by atoms with van der Waals surface area (Å²) in [5, 5.41) is 2.78. The van der Waals surface area contributed by atoms with Gasteiger partial charge in [0.25, 0.3) is 11.8 Å². The second kappa shape index (κ2) is 6.66. The Morgan fingerprint density at radius 1 is 1.17 bits per heavy atom. The van der Waals surface area contributed by atoms with Crippen molar-refractivity contribution in [3.8, 4) is 0 Å². The SMILES string of the molecule is Cn1cnc(CCNC(=O)CCN2C(=O)c3ccccc3C2=O)c1. The number of nitrogens with one attached hydrogen (secondary N) is 1. The van der Waals surface area contributed by atoms with Crippen molar-refractivity contribution < 1.29 is 14.4 Å². The Morgan fingerprint density at radius 2 is 1.83 bits per heavy atom. The van der Waals surface area contributed by atoms with Crippen LogP contribution in [-0.2, 0) is 18.3 Å². The number of fused-ring (bicyclic) bond motifs is 1.